The summed E-state index contributed by atoms with van der Waals surface area (Å²) in [6.45, 7) is 1.75. The number of halogens is 3. The average molecular weight is 387 g/mol. The Morgan fingerprint density at radius 1 is 1.14 bits per heavy atom. The molecule has 3 aromatic heterocycles. The van der Waals surface area contributed by atoms with Gasteiger partial charge in [0.2, 0.25) is 0 Å². The van der Waals surface area contributed by atoms with Crippen molar-refractivity contribution >= 4 is 5.65 Å². The van der Waals surface area contributed by atoms with Crippen molar-refractivity contribution in [2.45, 2.75) is 26.1 Å². The molecular formula is C19H16F3N5O. The molecule has 0 aliphatic carbocycles. The Hall–Kier alpha value is -3.36. The molecule has 3 heterocycles. The highest BCUT2D eigenvalue weighted by Crippen LogP contribution is 2.28. The summed E-state index contributed by atoms with van der Waals surface area (Å²) in [6, 6.07) is 11.9. The zero-order chi connectivity index (χ0) is 19.9. The number of H-pyrrole nitrogens is 1. The van der Waals surface area contributed by atoms with Crippen LogP contribution in [0, 0.1) is 6.92 Å². The van der Waals surface area contributed by atoms with E-state index in [9.17, 15) is 18.0 Å². The normalized spacial score (nSPS) is 12.0. The minimum absolute atomic E-state index is 0.190. The van der Waals surface area contributed by atoms with Crippen LogP contribution in [0.3, 0.4) is 0 Å². The van der Waals surface area contributed by atoms with Crippen LogP contribution < -0.4 is 5.56 Å². The molecule has 0 aliphatic rings. The van der Waals surface area contributed by atoms with E-state index in [4.69, 9.17) is 0 Å². The Balaban J connectivity index is 1.65. The van der Waals surface area contributed by atoms with E-state index in [1.807, 2.05) is 30.3 Å². The Bertz CT molecular complexity index is 1190. The van der Waals surface area contributed by atoms with Crippen molar-refractivity contribution in [2.24, 2.45) is 0 Å². The van der Waals surface area contributed by atoms with E-state index in [0.717, 1.165) is 17.2 Å². The van der Waals surface area contributed by atoms with Gasteiger partial charge in [0.25, 0.3) is 5.56 Å². The molecule has 0 aliphatic heterocycles. The molecule has 0 radical (unpaired) electrons. The maximum absolute atomic E-state index is 12.8. The van der Waals surface area contributed by atoms with Gasteiger partial charge in [-0.2, -0.15) is 18.3 Å². The molecule has 0 amide bonds. The van der Waals surface area contributed by atoms with Crippen LogP contribution in [-0.4, -0.2) is 24.4 Å². The Kier molecular flexibility index (Phi) is 4.29. The third-order valence-electron chi connectivity index (χ3n) is 4.49. The lowest BCUT2D eigenvalue weighted by Gasteiger charge is -2.06. The quantitative estimate of drug-likeness (QED) is 0.583. The lowest BCUT2D eigenvalue weighted by molar-refractivity contribution is -0.141. The minimum atomic E-state index is -4.48. The van der Waals surface area contributed by atoms with Gasteiger partial charge in [0.15, 0.2) is 11.3 Å². The van der Waals surface area contributed by atoms with Gasteiger partial charge in [0.1, 0.15) is 0 Å². The molecule has 0 atom stereocenters. The van der Waals surface area contributed by atoms with Gasteiger partial charge in [-0.15, -0.1) is 0 Å². The van der Waals surface area contributed by atoms with Crippen LogP contribution in [0.15, 0.2) is 53.5 Å². The second-order valence-electron chi connectivity index (χ2n) is 6.44. The van der Waals surface area contributed by atoms with Crippen molar-refractivity contribution in [3.05, 3.63) is 76.1 Å². The highest BCUT2D eigenvalue weighted by Gasteiger charge is 2.34. The van der Waals surface area contributed by atoms with E-state index in [2.05, 4.69) is 15.2 Å². The molecule has 28 heavy (non-hydrogen) atoms. The molecule has 6 nitrogen and oxygen atoms in total. The number of hydrogen-bond donors (Lipinski definition) is 1. The number of benzene rings is 1. The SMILES string of the molecule is Cc1cc(C(F)(F)F)nn1CCc1cc(=O)n2[nH]cc(-c3ccccc3)c2n1. The molecule has 9 heteroatoms. The minimum Gasteiger partial charge on any atom is -0.296 e. The summed E-state index contributed by atoms with van der Waals surface area (Å²) in [4.78, 5) is 16.9. The first-order valence-electron chi connectivity index (χ1n) is 8.60. The van der Waals surface area contributed by atoms with Crippen molar-refractivity contribution in [1.29, 1.82) is 0 Å². The molecule has 0 bridgehead atoms. The molecule has 4 aromatic rings. The lowest BCUT2D eigenvalue weighted by Crippen LogP contribution is -2.17. The number of aromatic amines is 1. The van der Waals surface area contributed by atoms with E-state index in [-0.39, 0.29) is 18.5 Å². The summed E-state index contributed by atoms with van der Waals surface area (Å²) in [7, 11) is 0. The van der Waals surface area contributed by atoms with Crippen molar-refractivity contribution in [3.8, 4) is 11.1 Å². The van der Waals surface area contributed by atoms with Gasteiger partial charge < -0.3 is 0 Å². The van der Waals surface area contributed by atoms with Crippen molar-refractivity contribution < 1.29 is 13.2 Å². The molecule has 0 spiro atoms. The molecule has 1 N–H and O–H groups in total. The van der Waals surface area contributed by atoms with Gasteiger partial charge >= 0.3 is 6.18 Å². The van der Waals surface area contributed by atoms with Crippen molar-refractivity contribution in [1.82, 2.24) is 24.4 Å². The standard InChI is InChI=1S/C19H16F3N5O/c1-12-9-16(19(20,21)22)25-26(12)8-7-14-10-17(28)27-18(24-14)15(11-23-27)13-5-3-2-4-6-13/h2-6,9-11,23H,7-8H2,1H3. The van der Waals surface area contributed by atoms with Crippen molar-refractivity contribution in [3.63, 3.8) is 0 Å². The Morgan fingerprint density at radius 3 is 2.57 bits per heavy atom. The number of nitrogens with zero attached hydrogens (tertiary/aromatic N) is 4. The predicted octanol–water partition coefficient (Wildman–Crippen LogP) is 3.46. The molecule has 0 saturated carbocycles. The zero-order valence-corrected chi connectivity index (χ0v) is 14.9. The van der Waals surface area contributed by atoms with Crippen LogP contribution in [0.1, 0.15) is 17.1 Å². The van der Waals surface area contributed by atoms with E-state index >= 15 is 0 Å². The third-order valence-corrected chi connectivity index (χ3v) is 4.49. The van der Waals surface area contributed by atoms with Gasteiger partial charge in [0.05, 0.1) is 5.69 Å². The largest absolute Gasteiger partial charge is 0.435 e. The summed E-state index contributed by atoms with van der Waals surface area (Å²) in [5.41, 5.74) is 1.84. The number of rotatable bonds is 4. The highest BCUT2D eigenvalue weighted by molar-refractivity contribution is 5.76. The summed E-state index contributed by atoms with van der Waals surface area (Å²) in [5.74, 6) is 0. The number of nitrogens with one attached hydrogen (secondary N) is 1. The summed E-state index contributed by atoms with van der Waals surface area (Å²) < 4.78 is 41.0. The van der Waals surface area contributed by atoms with E-state index in [0.29, 0.717) is 17.0 Å². The maximum Gasteiger partial charge on any atom is 0.435 e. The first-order valence-corrected chi connectivity index (χ1v) is 8.60. The highest BCUT2D eigenvalue weighted by atomic mass is 19.4. The van der Waals surface area contributed by atoms with Gasteiger partial charge in [-0.05, 0) is 18.6 Å². The maximum atomic E-state index is 12.8. The van der Waals surface area contributed by atoms with Crippen LogP contribution in [0.2, 0.25) is 0 Å². The van der Waals surface area contributed by atoms with Gasteiger partial charge in [-0.3, -0.25) is 14.6 Å². The summed E-state index contributed by atoms with van der Waals surface area (Å²) in [5, 5.41) is 6.49. The molecular weight excluding hydrogens is 371 g/mol. The number of aromatic nitrogens is 5. The van der Waals surface area contributed by atoms with Crippen LogP contribution >= 0.6 is 0 Å². The first-order chi connectivity index (χ1) is 13.3. The monoisotopic (exact) mass is 387 g/mol. The van der Waals surface area contributed by atoms with Crippen LogP contribution in [0.5, 0.6) is 0 Å². The molecule has 1 aromatic carbocycles. The fourth-order valence-corrected chi connectivity index (χ4v) is 3.08. The van der Waals surface area contributed by atoms with Gasteiger partial charge in [-0.25, -0.2) is 9.50 Å². The molecule has 144 valence electrons. The van der Waals surface area contributed by atoms with E-state index in [1.165, 1.54) is 15.3 Å². The zero-order valence-electron chi connectivity index (χ0n) is 14.9. The number of hydrogen-bond acceptors (Lipinski definition) is 3. The van der Waals surface area contributed by atoms with Crippen LogP contribution in [0.25, 0.3) is 16.8 Å². The number of alkyl halides is 3. The lowest BCUT2D eigenvalue weighted by atomic mass is 10.1. The number of fused-ring (bicyclic) bond motifs is 1. The Labute approximate surface area is 157 Å². The predicted molar refractivity (Wildman–Crippen MR) is 96.9 cm³/mol. The average Bonchev–Trinajstić information content (AvgIpc) is 3.24. The summed E-state index contributed by atoms with van der Waals surface area (Å²) in [6.07, 6.45) is -2.50. The van der Waals surface area contributed by atoms with E-state index in [1.54, 1.807) is 13.1 Å². The second kappa shape index (κ2) is 6.66. The molecule has 4 rings (SSSR count). The van der Waals surface area contributed by atoms with Crippen molar-refractivity contribution in [2.75, 3.05) is 0 Å². The van der Waals surface area contributed by atoms with Crippen LogP contribution in [-0.2, 0) is 19.1 Å². The molecule has 0 fully saturated rings. The smallest absolute Gasteiger partial charge is 0.296 e. The van der Waals surface area contributed by atoms with Gasteiger partial charge in [-0.1, -0.05) is 30.3 Å². The topological polar surface area (TPSA) is 68.0 Å². The fraction of sp³-hybridized carbons (Fsp3) is 0.211. The molecule has 0 saturated heterocycles. The third kappa shape index (κ3) is 3.30. The molecule has 0 unspecified atom stereocenters. The second-order valence-corrected chi connectivity index (χ2v) is 6.44. The Morgan fingerprint density at radius 2 is 1.89 bits per heavy atom. The summed E-state index contributed by atoms with van der Waals surface area (Å²) >= 11 is 0. The number of aryl methyl sites for hydroxylation is 3. The first kappa shape index (κ1) is 18.0. The fourth-order valence-electron chi connectivity index (χ4n) is 3.08. The van der Waals surface area contributed by atoms with Crippen LogP contribution in [0.4, 0.5) is 13.2 Å². The van der Waals surface area contributed by atoms with Gasteiger partial charge in [0, 0.05) is 36.5 Å². The van der Waals surface area contributed by atoms with E-state index < -0.39 is 11.9 Å².